The lowest BCUT2D eigenvalue weighted by Gasteiger charge is -2.10. The largest absolute Gasteiger partial charge is 0.397 e. The molecule has 0 radical (unpaired) electrons. The number of anilines is 2. The molecule has 1 heterocycles. The Balaban J connectivity index is 2.02. The lowest BCUT2D eigenvalue weighted by molar-refractivity contribution is -0.115. The molecule has 1 amide bonds. The molecule has 5 heteroatoms. The van der Waals surface area contributed by atoms with Gasteiger partial charge in [0.2, 0.25) is 5.91 Å². The summed E-state index contributed by atoms with van der Waals surface area (Å²) < 4.78 is 0. The number of nitrogen functional groups attached to an aromatic ring is 1. The molecule has 1 saturated heterocycles. The molecular formula is C11H13ClN2OS. The van der Waals surface area contributed by atoms with Crippen LogP contribution < -0.4 is 11.1 Å². The monoisotopic (exact) mass is 256 g/mol. The molecule has 1 fully saturated rings. The Morgan fingerprint density at radius 3 is 3.00 bits per heavy atom. The van der Waals surface area contributed by atoms with Gasteiger partial charge in [-0.3, -0.25) is 4.79 Å². The molecule has 0 aromatic heterocycles. The van der Waals surface area contributed by atoms with Crippen LogP contribution in [0.4, 0.5) is 11.4 Å². The van der Waals surface area contributed by atoms with Crippen LogP contribution in [0.1, 0.15) is 12.8 Å². The molecule has 1 aromatic carbocycles. The fourth-order valence-corrected chi connectivity index (χ4v) is 2.91. The second-order valence-corrected chi connectivity index (χ2v) is 5.45. The van der Waals surface area contributed by atoms with Crippen LogP contribution in [0.5, 0.6) is 0 Å². The zero-order valence-electron chi connectivity index (χ0n) is 8.70. The molecule has 1 aliphatic rings. The molecule has 0 saturated carbocycles. The first-order valence-corrected chi connectivity index (χ1v) is 6.57. The quantitative estimate of drug-likeness (QED) is 0.800. The molecule has 16 heavy (non-hydrogen) atoms. The van der Waals surface area contributed by atoms with Crippen LogP contribution in [0.2, 0.25) is 5.02 Å². The standard InChI is InChI=1S/C11H13ClN2OS/c12-8-4-3-7(6-9(8)13)14-11(15)10-2-1-5-16-10/h3-4,6,10H,1-2,5,13H2,(H,14,15). The lowest BCUT2D eigenvalue weighted by Crippen LogP contribution is -2.22. The third-order valence-electron chi connectivity index (χ3n) is 2.49. The smallest absolute Gasteiger partial charge is 0.237 e. The Bertz CT molecular complexity index is 405. The van der Waals surface area contributed by atoms with Crippen LogP contribution in [0.3, 0.4) is 0 Å². The van der Waals surface area contributed by atoms with E-state index in [-0.39, 0.29) is 11.2 Å². The molecular weight excluding hydrogens is 244 g/mol. The molecule has 3 N–H and O–H groups in total. The second kappa shape index (κ2) is 4.97. The SMILES string of the molecule is Nc1cc(NC(=O)C2CCCS2)ccc1Cl. The van der Waals surface area contributed by atoms with Crippen molar-refractivity contribution < 1.29 is 4.79 Å². The van der Waals surface area contributed by atoms with Gasteiger partial charge in [0.15, 0.2) is 0 Å². The number of hydrogen-bond donors (Lipinski definition) is 2. The van der Waals surface area contributed by atoms with E-state index < -0.39 is 0 Å². The minimum absolute atomic E-state index is 0.0595. The summed E-state index contributed by atoms with van der Waals surface area (Å²) in [6.07, 6.45) is 2.07. The van der Waals surface area contributed by atoms with Gasteiger partial charge in [0.05, 0.1) is 16.0 Å². The van der Waals surface area contributed by atoms with Gasteiger partial charge in [-0.1, -0.05) is 11.6 Å². The van der Waals surface area contributed by atoms with Crippen molar-refractivity contribution in [3.8, 4) is 0 Å². The molecule has 2 rings (SSSR count). The van der Waals surface area contributed by atoms with Crippen molar-refractivity contribution >= 4 is 40.6 Å². The molecule has 0 bridgehead atoms. The first kappa shape index (κ1) is 11.6. The van der Waals surface area contributed by atoms with Crippen LogP contribution in [0, 0.1) is 0 Å². The zero-order chi connectivity index (χ0) is 11.5. The van der Waals surface area contributed by atoms with E-state index in [2.05, 4.69) is 5.32 Å². The summed E-state index contributed by atoms with van der Waals surface area (Å²) in [6, 6.07) is 5.13. The van der Waals surface area contributed by atoms with Gasteiger partial charge in [-0.05, 0) is 36.8 Å². The van der Waals surface area contributed by atoms with E-state index >= 15 is 0 Å². The molecule has 0 aliphatic carbocycles. The highest BCUT2D eigenvalue weighted by molar-refractivity contribution is 8.00. The average molecular weight is 257 g/mol. The normalized spacial score (nSPS) is 19.7. The van der Waals surface area contributed by atoms with Crippen molar-refractivity contribution in [2.45, 2.75) is 18.1 Å². The minimum Gasteiger partial charge on any atom is -0.397 e. The Hall–Kier alpha value is -0.870. The highest BCUT2D eigenvalue weighted by Gasteiger charge is 2.23. The number of nitrogens with one attached hydrogen (secondary N) is 1. The molecule has 3 nitrogen and oxygen atoms in total. The predicted octanol–water partition coefficient (Wildman–Crippen LogP) is 2.76. The van der Waals surface area contributed by atoms with Crippen LogP contribution >= 0.6 is 23.4 Å². The van der Waals surface area contributed by atoms with Gasteiger partial charge in [-0.25, -0.2) is 0 Å². The van der Waals surface area contributed by atoms with Crippen LogP contribution in [0.15, 0.2) is 18.2 Å². The summed E-state index contributed by atoms with van der Waals surface area (Å²) in [5, 5.41) is 3.44. The zero-order valence-corrected chi connectivity index (χ0v) is 10.3. The summed E-state index contributed by atoms with van der Waals surface area (Å²) in [5.74, 6) is 1.13. The number of thioether (sulfide) groups is 1. The topological polar surface area (TPSA) is 55.1 Å². The molecule has 0 spiro atoms. The Kier molecular flexibility index (Phi) is 3.61. The molecule has 86 valence electrons. The first-order valence-electron chi connectivity index (χ1n) is 5.14. The Labute approximate surface area is 104 Å². The highest BCUT2D eigenvalue weighted by atomic mass is 35.5. The number of hydrogen-bond acceptors (Lipinski definition) is 3. The van der Waals surface area contributed by atoms with E-state index in [9.17, 15) is 4.79 Å². The summed E-state index contributed by atoms with van der Waals surface area (Å²) in [5.41, 5.74) is 6.85. The number of carbonyl (C=O) groups excluding carboxylic acids is 1. The molecule has 1 unspecified atom stereocenters. The van der Waals surface area contributed by atoms with E-state index in [4.69, 9.17) is 17.3 Å². The number of amides is 1. The van der Waals surface area contributed by atoms with E-state index in [0.717, 1.165) is 18.6 Å². The fraction of sp³-hybridized carbons (Fsp3) is 0.364. The maximum atomic E-state index is 11.8. The third-order valence-corrected chi connectivity index (χ3v) is 4.21. The van der Waals surface area contributed by atoms with E-state index in [0.29, 0.717) is 16.4 Å². The van der Waals surface area contributed by atoms with Crippen LogP contribution in [0.25, 0.3) is 0 Å². The van der Waals surface area contributed by atoms with Gasteiger partial charge >= 0.3 is 0 Å². The molecule has 1 atom stereocenters. The van der Waals surface area contributed by atoms with Crippen molar-refractivity contribution in [1.82, 2.24) is 0 Å². The van der Waals surface area contributed by atoms with Gasteiger partial charge in [0.1, 0.15) is 0 Å². The van der Waals surface area contributed by atoms with Crippen molar-refractivity contribution in [1.29, 1.82) is 0 Å². The van der Waals surface area contributed by atoms with Gasteiger partial charge in [0.25, 0.3) is 0 Å². The van der Waals surface area contributed by atoms with Crippen molar-refractivity contribution in [3.05, 3.63) is 23.2 Å². The molecule has 1 aliphatic heterocycles. The minimum atomic E-state index is 0.0595. The number of benzene rings is 1. The van der Waals surface area contributed by atoms with Crippen molar-refractivity contribution in [2.75, 3.05) is 16.8 Å². The number of nitrogens with two attached hydrogens (primary N) is 1. The maximum absolute atomic E-state index is 11.8. The van der Waals surface area contributed by atoms with Gasteiger partial charge in [0, 0.05) is 5.69 Å². The third kappa shape index (κ3) is 2.62. The van der Waals surface area contributed by atoms with Gasteiger partial charge in [-0.2, -0.15) is 0 Å². The number of carbonyl (C=O) groups is 1. The summed E-state index contributed by atoms with van der Waals surface area (Å²) in [4.78, 5) is 11.8. The second-order valence-electron chi connectivity index (χ2n) is 3.73. The first-order chi connectivity index (χ1) is 7.66. The predicted molar refractivity (Wildman–Crippen MR) is 70.0 cm³/mol. The van der Waals surface area contributed by atoms with E-state index in [1.807, 2.05) is 0 Å². The fourth-order valence-electron chi connectivity index (χ4n) is 1.63. The maximum Gasteiger partial charge on any atom is 0.237 e. The van der Waals surface area contributed by atoms with E-state index in [1.54, 1.807) is 30.0 Å². The highest BCUT2D eigenvalue weighted by Crippen LogP contribution is 2.28. The van der Waals surface area contributed by atoms with Crippen LogP contribution in [-0.2, 0) is 4.79 Å². The number of halogens is 1. The number of rotatable bonds is 2. The van der Waals surface area contributed by atoms with Crippen molar-refractivity contribution in [3.63, 3.8) is 0 Å². The van der Waals surface area contributed by atoms with Gasteiger partial charge < -0.3 is 11.1 Å². The lowest BCUT2D eigenvalue weighted by atomic mass is 10.2. The Morgan fingerprint density at radius 1 is 1.56 bits per heavy atom. The average Bonchev–Trinajstić information content (AvgIpc) is 2.77. The summed E-state index contributed by atoms with van der Waals surface area (Å²) >= 11 is 7.51. The van der Waals surface area contributed by atoms with Crippen LogP contribution in [-0.4, -0.2) is 16.9 Å². The van der Waals surface area contributed by atoms with Gasteiger partial charge in [-0.15, -0.1) is 11.8 Å². The van der Waals surface area contributed by atoms with Crippen molar-refractivity contribution in [2.24, 2.45) is 0 Å². The van der Waals surface area contributed by atoms with E-state index in [1.165, 1.54) is 0 Å². The Morgan fingerprint density at radius 2 is 2.38 bits per heavy atom. The molecule has 1 aromatic rings. The summed E-state index contributed by atoms with van der Waals surface area (Å²) in [7, 11) is 0. The summed E-state index contributed by atoms with van der Waals surface area (Å²) in [6.45, 7) is 0.